The molecule has 0 saturated heterocycles. The Kier molecular flexibility index (Phi) is 2.50. The van der Waals surface area contributed by atoms with Crippen LogP contribution in [0, 0.1) is 6.92 Å². The Hall–Kier alpha value is -0.240. The van der Waals surface area contributed by atoms with Crippen LogP contribution in [0.1, 0.15) is 24.0 Å². The van der Waals surface area contributed by atoms with Crippen molar-refractivity contribution in [1.82, 2.24) is 0 Å². The smallest absolute Gasteiger partial charge is 0.0595 e. The topological polar surface area (TPSA) is 26.0 Å². The van der Waals surface area contributed by atoms with Gasteiger partial charge in [0, 0.05) is 12.0 Å². The lowest BCUT2D eigenvalue weighted by Gasteiger charge is -2.16. The summed E-state index contributed by atoms with van der Waals surface area (Å²) in [5.41, 5.74) is 8.44. The molecule has 0 amide bonds. The lowest BCUT2D eigenvalue weighted by molar-refractivity contribution is 0.699. The van der Waals surface area contributed by atoms with E-state index in [-0.39, 0.29) is 5.41 Å². The Labute approximate surface area is 94.2 Å². The van der Waals surface area contributed by atoms with Crippen LogP contribution in [0.3, 0.4) is 0 Å². The van der Waals surface area contributed by atoms with E-state index in [9.17, 15) is 0 Å². The quantitative estimate of drug-likeness (QED) is 0.828. The van der Waals surface area contributed by atoms with Crippen LogP contribution in [0.4, 0.5) is 0 Å². The molecule has 0 aromatic heterocycles. The van der Waals surface area contributed by atoms with E-state index >= 15 is 0 Å². The molecule has 0 heterocycles. The third kappa shape index (κ3) is 1.54. The molecule has 0 spiro atoms. The third-order valence-corrected chi connectivity index (χ3v) is 3.81. The van der Waals surface area contributed by atoms with Gasteiger partial charge in [-0.3, -0.25) is 0 Å². The third-order valence-electron chi connectivity index (χ3n) is 3.08. The van der Waals surface area contributed by atoms with E-state index in [2.05, 4.69) is 6.92 Å². The summed E-state index contributed by atoms with van der Waals surface area (Å²) in [7, 11) is 0. The minimum absolute atomic E-state index is 0.193. The zero-order chi connectivity index (χ0) is 10.3. The molecule has 2 N–H and O–H groups in total. The van der Waals surface area contributed by atoms with Gasteiger partial charge >= 0.3 is 0 Å². The molecule has 2 rings (SSSR count). The second kappa shape index (κ2) is 3.41. The van der Waals surface area contributed by atoms with Gasteiger partial charge in [-0.05, 0) is 43.0 Å². The molecule has 0 atom stereocenters. The standard InChI is InChI=1S/C11H13Cl2N/c1-7-4-9(12)10(13)5-8(7)11(6-14)2-3-11/h4-5H,2-3,6,14H2,1H3. The maximum Gasteiger partial charge on any atom is 0.0595 e. The van der Waals surface area contributed by atoms with Crippen molar-refractivity contribution in [2.45, 2.75) is 25.2 Å². The number of benzene rings is 1. The fraction of sp³-hybridized carbons (Fsp3) is 0.455. The minimum Gasteiger partial charge on any atom is -0.330 e. The minimum atomic E-state index is 0.193. The molecular formula is C11H13Cl2N. The van der Waals surface area contributed by atoms with Gasteiger partial charge in [-0.2, -0.15) is 0 Å². The highest BCUT2D eigenvalue weighted by Gasteiger charge is 2.43. The molecule has 1 aromatic rings. The van der Waals surface area contributed by atoms with Gasteiger partial charge in [0.05, 0.1) is 10.0 Å². The van der Waals surface area contributed by atoms with Gasteiger partial charge in [-0.25, -0.2) is 0 Å². The van der Waals surface area contributed by atoms with Crippen LogP contribution in [0.5, 0.6) is 0 Å². The summed E-state index contributed by atoms with van der Waals surface area (Å²) in [4.78, 5) is 0. The number of rotatable bonds is 2. The normalized spacial score (nSPS) is 18.3. The van der Waals surface area contributed by atoms with Crippen LogP contribution in [0.2, 0.25) is 10.0 Å². The molecule has 1 aromatic carbocycles. The Morgan fingerprint density at radius 3 is 2.36 bits per heavy atom. The van der Waals surface area contributed by atoms with Crippen LogP contribution < -0.4 is 5.73 Å². The Morgan fingerprint density at radius 1 is 1.29 bits per heavy atom. The largest absolute Gasteiger partial charge is 0.330 e. The van der Waals surface area contributed by atoms with Crippen molar-refractivity contribution in [2.75, 3.05) is 6.54 Å². The first-order chi connectivity index (χ1) is 6.59. The van der Waals surface area contributed by atoms with E-state index in [1.54, 1.807) is 0 Å². The van der Waals surface area contributed by atoms with Gasteiger partial charge < -0.3 is 5.73 Å². The molecule has 1 aliphatic carbocycles. The first-order valence-corrected chi connectivity index (χ1v) is 5.51. The molecule has 1 aliphatic rings. The van der Waals surface area contributed by atoms with Crippen LogP contribution in [-0.4, -0.2) is 6.54 Å². The second-order valence-corrected chi connectivity index (χ2v) is 4.88. The molecule has 0 bridgehead atoms. The summed E-state index contributed by atoms with van der Waals surface area (Å²) in [6.07, 6.45) is 2.34. The van der Waals surface area contributed by atoms with Crippen molar-refractivity contribution in [3.63, 3.8) is 0 Å². The molecule has 76 valence electrons. The van der Waals surface area contributed by atoms with Crippen molar-refractivity contribution >= 4 is 23.2 Å². The van der Waals surface area contributed by atoms with Crippen LogP contribution in [-0.2, 0) is 5.41 Å². The maximum absolute atomic E-state index is 6.00. The average Bonchev–Trinajstić information content (AvgIpc) is 2.92. The van der Waals surface area contributed by atoms with Gasteiger partial charge in [-0.1, -0.05) is 23.2 Å². The molecule has 1 nitrogen and oxygen atoms in total. The van der Waals surface area contributed by atoms with Crippen molar-refractivity contribution in [2.24, 2.45) is 5.73 Å². The summed E-state index contributed by atoms with van der Waals surface area (Å²) in [5, 5.41) is 1.26. The summed E-state index contributed by atoms with van der Waals surface area (Å²) in [6, 6.07) is 3.90. The first kappa shape index (κ1) is 10.3. The summed E-state index contributed by atoms with van der Waals surface area (Å²) in [6.45, 7) is 2.76. The molecule has 3 heteroatoms. The monoisotopic (exact) mass is 229 g/mol. The molecular weight excluding hydrogens is 217 g/mol. The number of hydrogen-bond acceptors (Lipinski definition) is 1. The highest BCUT2D eigenvalue weighted by molar-refractivity contribution is 6.42. The lowest BCUT2D eigenvalue weighted by atomic mass is 9.92. The van der Waals surface area contributed by atoms with Crippen molar-refractivity contribution < 1.29 is 0 Å². The number of aryl methyl sites for hydroxylation is 1. The summed E-state index contributed by atoms with van der Waals surface area (Å²) >= 11 is 11.9. The highest BCUT2D eigenvalue weighted by Crippen LogP contribution is 2.49. The maximum atomic E-state index is 6.00. The lowest BCUT2D eigenvalue weighted by Crippen LogP contribution is -2.20. The SMILES string of the molecule is Cc1cc(Cl)c(Cl)cc1C1(CN)CC1. The number of hydrogen-bond donors (Lipinski definition) is 1. The molecule has 0 unspecified atom stereocenters. The van der Waals surface area contributed by atoms with Gasteiger partial charge in [0.15, 0.2) is 0 Å². The average molecular weight is 230 g/mol. The number of halogens is 2. The van der Waals surface area contributed by atoms with Crippen LogP contribution >= 0.6 is 23.2 Å². The Balaban J connectivity index is 2.49. The van der Waals surface area contributed by atoms with Gasteiger partial charge in [0.25, 0.3) is 0 Å². The van der Waals surface area contributed by atoms with E-state index < -0.39 is 0 Å². The zero-order valence-corrected chi connectivity index (χ0v) is 9.62. The van der Waals surface area contributed by atoms with Crippen molar-refractivity contribution in [3.8, 4) is 0 Å². The summed E-state index contributed by atoms with van der Waals surface area (Å²) < 4.78 is 0. The van der Waals surface area contributed by atoms with Crippen molar-refractivity contribution in [1.29, 1.82) is 0 Å². The molecule has 0 radical (unpaired) electrons. The Bertz CT molecular complexity index is 370. The van der Waals surface area contributed by atoms with Crippen LogP contribution in [0.15, 0.2) is 12.1 Å². The first-order valence-electron chi connectivity index (χ1n) is 4.75. The second-order valence-electron chi connectivity index (χ2n) is 4.07. The van der Waals surface area contributed by atoms with E-state index in [0.717, 1.165) is 0 Å². The fourth-order valence-electron chi connectivity index (χ4n) is 1.95. The molecule has 1 saturated carbocycles. The fourth-order valence-corrected chi connectivity index (χ4v) is 2.33. The number of nitrogens with two attached hydrogens (primary N) is 1. The van der Waals surface area contributed by atoms with E-state index in [4.69, 9.17) is 28.9 Å². The van der Waals surface area contributed by atoms with Crippen molar-refractivity contribution in [3.05, 3.63) is 33.3 Å². The molecule has 0 aliphatic heterocycles. The van der Waals surface area contributed by atoms with Crippen LogP contribution in [0.25, 0.3) is 0 Å². The zero-order valence-electron chi connectivity index (χ0n) is 8.11. The molecule has 1 fully saturated rings. The summed E-state index contributed by atoms with van der Waals surface area (Å²) in [5.74, 6) is 0. The molecule has 14 heavy (non-hydrogen) atoms. The predicted octanol–water partition coefficient (Wildman–Crippen LogP) is 3.29. The van der Waals surface area contributed by atoms with Gasteiger partial charge in [-0.15, -0.1) is 0 Å². The van der Waals surface area contributed by atoms with E-state index in [1.807, 2.05) is 12.1 Å². The Morgan fingerprint density at radius 2 is 1.86 bits per heavy atom. The van der Waals surface area contributed by atoms with E-state index in [0.29, 0.717) is 16.6 Å². The van der Waals surface area contributed by atoms with E-state index in [1.165, 1.54) is 24.0 Å². The highest BCUT2D eigenvalue weighted by atomic mass is 35.5. The van der Waals surface area contributed by atoms with Gasteiger partial charge in [0.1, 0.15) is 0 Å². The predicted molar refractivity (Wildman–Crippen MR) is 61.2 cm³/mol. The van der Waals surface area contributed by atoms with Gasteiger partial charge in [0.2, 0.25) is 0 Å².